The van der Waals surface area contributed by atoms with Crippen molar-refractivity contribution in [3.05, 3.63) is 69.0 Å². The fourth-order valence-corrected chi connectivity index (χ4v) is 4.53. The van der Waals surface area contributed by atoms with Crippen LogP contribution in [0.3, 0.4) is 0 Å². The molecule has 0 unspecified atom stereocenters. The van der Waals surface area contributed by atoms with Gasteiger partial charge in [-0.15, -0.1) is 10.2 Å². The van der Waals surface area contributed by atoms with Gasteiger partial charge in [-0.25, -0.2) is 0 Å². The fraction of sp³-hybridized carbons (Fsp3) is 0.409. The standard InChI is InChI=1S/C22H25ClN6O6/c1-22(21(33-3)34-4)20(30)18(15-6-5-7-16(29(31)32)19(15)35-22)28(12-17-24-26-27(2)25-17)14-10-8-13(23)9-11-14/h5-11,18,20-21,30H,12H2,1-4H3/t18-,20+,22+/m1/s1. The molecule has 0 spiro atoms. The van der Waals surface area contributed by atoms with Crippen molar-refractivity contribution in [1.29, 1.82) is 0 Å². The van der Waals surface area contributed by atoms with Gasteiger partial charge in [-0.3, -0.25) is 10.1 Å². The van der Waals surface area contributed by atoms with Crippen molar-refractivity contribution in [2.45, 2.75) is 37.5 Å². The number of tetrazole rings is 1. The number of aliphatic hydroxyl groups excluding tert-OH is 1. The first kappa shape index (κ1) is 24.8. The minimum Gasteiger partial charge on any atom is -0.472 e. The lowest BCUT2D eigenvalue weighted by molar-refractivity contribution is -0.387. The number of rotatable bonds is 8. The number of aryl methyl sites for hydroxylation is 1. The van der Waals surface area contributed by atoms with E-state index in [-0.39, 0.29) is 18.0 Å². The molecule has 35 heavy (non-hydrogen) atoms. The van der Waals surface area contributed by atoms with Crippen LogP contribution in [0.15, 0.2) is 42.5 Å². The Kier molecular flexibility index (Phi) is 6.90. The van der Waals surface area contributed by atoms with Crippen molar-refractivity contribution in [2.75, 3.05) is 19.1 Å². The van der Waals surface area contributed by atoms with Gasteiger partial charge in [-0.1, -0.05) is 23.7 Å². The minimum absolute atomic E-state index is 0.0143. The van der Waals surface area contributed by atoms with Gasteiger partial charge in [0.05, 0.1) is 24.6 Å². The third kappa shape index (κ3) is 4.52. The SMILES string of the molecule is COC(OC)[C@@]1(C)Oc2c(cccc2[N+](=O)[O-])[C@@H](N(Cc2nnn(C)n2)c2ccc(Cl)cc2)[C@@H]1O. The van der Waals surface area contributed by atoms with Crippen LogP contribution < -0.4 is 9.64 Å². The molecule has 2 aromatic carbocycles. The van der Waals surface area contributed by atoms with Gasteiger partial charge in [-0.2, -0.15) is 4.80 Å². The highest BCUT2D eigenvalue weighted by molar-refractivity contribution is 6.30. The molecule has 0 saturated carbocycles. The quantitative estimate of drug-likeness (QED) is 0.276. The molecule has 1 N–H and O–H groups in total. The van der Waals surface area contributed by atoms with Crippen LogP contribution in [0.4, 0.5) is 11.4 Å². The molecule has 2 heterocycles. The third-order valence-corrected chi connectivity index (χ3v) is 6.25. The molecule has 0 bridgehead atoms. The van der Waals surface area contributed by atoms with E-state index >= 15 is 0 Å². The second kappa shape index (κ2) is 9.74. The molecule has 0 amide bonds. The molecular weight excluding hydrogens is 480 g/mol. The normalized spacial score (nSPS) is 21.5. The highest BCUT2D eigenvalue weighted by Gasteiger charge is 2.55. The van der Waals surface area contributed by atoms with Crippen molar-refractivity contribution in [3.63, 3.8) is 0 Å². The monoisotopic (exact) mass is 504 g/mol. The predicted octanol–water partition coefficient (Wildman–Crippen LogP) is 2.65. The second-order valence-electron chi connectivity index (χ2n) is 8.23. The molecule has 12 nitrogen and oxygen atoms in total. The van der Waals surface area contributed by atoms with Gasteiger partial charge in [0, 0.05) is 36.6 Å². The number of anilines is 1. The molecule has 13 heteroatoms. The summed E-state index contributed by atoms with van der Waals surface area (Å²) in [5.74, 6) is 0.394. The van der Waals surface area contributed by atoms with Crippen LogP contribution in [-0.2, 0) is 23.1 Å². The fourth-order valence-electron chi connectivity index (χ4n) is 4.41. The molecule has 1 aliphatic heterocycles. The van der Waals surface area contributed by atoms with Crippen LogP contribution in [0.25, 0.3) is 0 Å². The van der Waals surface area contributed by atoms with Gasteiger partial charge in [0.2, 0.25) is 5.75 Å². The van der Waals surface area contributed by atoms with Crippen molar-refractivity contribution in [2.24, 2.45) is 7.05 Å². The average molecular weight is 505 g/mol. The first-order valence-electron chi connectivity index (χ1n) is 10.6. The Morgan fingerprint density at radius 1 is 1.29 bits per heavy atom. The summed E-state index contributed by atoms with van der Waals surface area (Å²) >= 11 is 6.12. The Morgan fingerprint density at radius 2 is 1.97 bits per heavy atom. The number of nitrogens with zero attached hydrogens (tertiary/aromatic N) is 6. The zero-order chi connectivity index (χ0) is 25.3. The summed E-state index contributed by atoms with van der Waals surface area (Å²) in [5.41, 5.74) is -0.688. The van der Waals surface area contributed by atoms with Crippen LogP contribution in [0, 0.1) is 10.1 Å². The number of nitro benzene ring substituents is 1. The second-order valence-corrected chi connectivity index (χ2v) is 8.67. The van der Waals surface area contributed by atoms with Gasteiger partial charge in [0.1, 0.15) is 6.10 Å². The average Bonchev–Trinajstić information content (AvgIpc) is 3.24. The van der Waals surface area contributed by atoms with Crippen LogP contribution >= 0.6 is 11.6 Å². The number of aromatic nitrogens is 4. The maximum absolute atomic E-state index is 11.9. The molecule has 1 aromatic heterocycles. The largest absolute Gasteiger partial charge is 0.472 e. The van der Waals surface area contributed by atoms with Crippen molar-refractivity contribution < 1.29 is 24.2 Å². The topological polar surface area (TPSA) is 138 Å². The summed E-state index contributed by atoms with van der Waals surface area (Å²) in [5, 5.41) is 36.5. The predicted molar refractivity (Wildman–Crippen MR) is 125 cm³/mol. The number of aliphatic hydroxyl groups is 1. The maximum atomic E-state index is 11.9. The summed E-state index contributed by atoms with van der Waals surface area (Å²) in [6.07, 6.45) is -2.32. The van der Waals surface area contributed by atoms with Gasteiger partial charge in [0.15, 0.2) is 17.7 Å². The molecule has 3 atom stereocenters. The number of fused-ring (bicyclic) bond motifs is 1. The minimum atomic E-state index is -1.52. The van der Waals surface area contributed by atoms with E-state index in [1.807, 2.05) is 4.90 Å². The Bertz CT molecular complexity index is 1200. The first-order valence-corrected chi connectivity index (χ1v) is 11.0. The van der Waals surface area contributed by atoms with Gasteiger partial charge in [-0.05, 0) is 36.4 Å². The number of methoxy groups -OCH3 is 2. The summed E-state index contributed by atoms with van der Waals surface area (Å²) in [6.45, 7) is 1.71. The van der Waals surface area contributed by atoms with E-state index in [0.29, 0.717) is 22.1 Å². The highest BCUT2D eigenvalue weighted by atomic mass is 35.5. The molecule has 0 radical (unpaired) electrons. The van der Waals surface area contributed by atoms with Crippen LogP contribution in [-0.4, -0.2) is 62.5 Å². The Labute approximate surface area is 206 Å². The van der Waals surface area contributed by atoms with E-state index in [1.165, 1.54) is 25.1 Å². The lowest BCUT2D eigenvalue weighted by atomic mass is 9.83. The van der Waals surface area contributed by atoms with Gasteiger partial charge in [0.25, 0.3) is 0 Å². The molecular formula is C22H25ClN6O6. The van der Waals surface area contributed by atoms with Crippen LogP contribution in [0.1, 0.15) is 24.4 Å². The van der Waals surface area contributed by atoms with E-state index in [0.717, 1.165) is 0 Å². The van der Waals surface area contributed by atoms with Crippen molar-refractivity contribution >= 4 is 23.0 Å². The number of hydrogen-bond acceptors (Lipinski definition) is 10. The molecule has 0 saturated heterocycles. The number of benzene rings is 2. The molecule has 4 rings (SSSR count). The highest BCUT2D eigenvalue weighted by Crippen LogP contribution is 2.49. The van der Waals surface area contributed by atoms with E-state index in [9.17, 15) is 15.2 Å². The smallest absolute Gasteiger partial charge is 0.311 e. The Balaban J connectivity index is 1.94. The number of nitro groups is 1. The van der Waals surface area contributed by atoms with Gasteiger partial charge < -0.3 is 24.2 Å². The molecule has 0 aliphatic carbocycles. The summed E-state index contributed by atoms with van der Waals surface area (Å²) in [4.78, 5) is 14.5. The molecule has 0 fully saturated rings. The van der Waals surface area contributed by atoms with Crippen LogP contribution in [0.2, 0.25) is 5.02 Å². The molecule has 3 aromatic rings. The van der Waals surface area contributed by atoms with Gasteiger partial charge >= 0.3 is 5.69 Å². The lowest BCUT2D eigenvalue weighted by Gasteiger charge is -2.49. The number of halogens is 1. The lowest BCUT2D eigenvalue weighted by Crippen LogP contribution is -2.62. The number of ether oxygens (including phenoxy) is 3. The number of para-hydroxylation sites is 1. The summed E-state index contributed by atoms with van der Waals surface area (Å²) < 4.78 is 17.0. The zero-order valence-corrected chi connectivity index (χ0v) is 20.3. The third-order valence-electron chi connectivity index (χ3n) is 6.00. The Morgan fingerprint density at radius 3 is 2.54 bits per heavy atom. The first-order chi connectivity index (χ1) is 16.7. The van der Waals surface area contributed by atoms with Crippen molar-refractivity contribution in [1.82, 2.24) is 20.2 Å². The van der Waals surface area contributed by atoms with E-state index in [2.05, 4.69) is 15.4 Å². The molecule has 1 aliphatic rings. The van der Waals surface area contributed by atoms with E-state index < -0.39 is 29.0 Å². The van der Waals surface area contributed by atoms with Crippen LogP contribution in [0.5, 0.6) is 5.75 Å². The van der Waals surface area contributed by atoms with E-state index in [4.69, 9.17) is 25.8 Å². The Hall–Kier alpha value is -3.32. The maximum Gasteiger partial charge on any atom is 0.311 e. The zero-order valence-electron chi connectivity index (χ0n) is 19.5. The van der Waals surface area contributed by atoms with Crippen molar-refractivity contribution in [3.8, 4) is 5.75 Å². The molecule has 186 valence electrons. The number of hydrogen-bond donors (Lipinski definition) is 1. The van der Waals surface area contributed by atoms with E-state index in [1.54, 1.807) is 50.4 Å². The summed E-state index contributed by atoms with van der Waals surface area (Å²) in [7, 11) is 4.45. The summed E-state index contributed by atoms with van der Waals surface area (Å²) in [6, 6.07) is 10.7.